The predicted octanol–water partition coefficient (Wildman–Crippen LogP) is 2.12. The van der Waals surface area contributed by atoms with Gasteiger partial charge in [0.1, 0.15) is 18.5 Å². The fourth-order valence-electron chi connectivity index (χ4n) is 1.51. The first kappa shape index (κ1) is 17.4. The molecule has 5 heteroatoms. The van der Waals surface area contributed by atoms with Crippen molar-refractivity contribution in [3.63, 3.8) is 0 Å². The van der Waals surface area contributed by atoms with Gasteiger partial charge >= 0.3 is 0 Å². The largest absolute Gasteiger partial charge is 0.491 e. The number of likely N-dealkylation sites (N-methyl/N-ethyl adjacent to an activating group) is 1. The molecule has 0 aliphatic heterocycles. The molecule has 0 saturated heterocycles. The van der Waals surface area contributed by atoms with E-state index in [2.05, 4.69) is 54.1 Å². The zero-order valence-electron chi connectivity index (χ0n) is 12.7. The first-order valence-electron chi connectivity index (χ1n) is 6.76. The summed E-state index contributed by atoms with van der Waals surface area (Å²) in [6.45, 7) is 5.93. The van der Waals surface area contributed by atoms with Crippen molar-refractivity contribution >= 4 is 15.9 Å². The fraction of sp³-hybridized carbons (Fsp3) is 0.600. The molecule has 20 heavy (non-hydrogen) atoms. The average molecular weight is 345 g/mol. The zero-order chi connectivity index (χ0) is 15.2. The van der Waals surface area contributed by atoms with Crippen molar-refractivity contribution in [1.29, 1.82) is 0 Å². The molecule has 1 aromatic carbocycles. The van der Waals surface area contributed by atoms with E-state index in [4.69, 9.17) is 4.74 Å². The van der Waals surface area contributed by atoms with Crippen LogP contribution in [-0.4, -0.2) is 55.4 Å². The molecule has 1 rings (SSSR count). The molecule has 0 amide bonds. The average Bonchev–Trinajstić information content (AvgIpc) is 2.36. The minimum absolute atomic E-state index is 0.0604. The van der Waals surface area contributed by atoms with Crippen LogP contribution in [0.2, 0.25) is 0 Å². The van der Waals surface area contributed by atoms with E-state index in [0.717, 1.165) is 16.8 Å². The summed E-state index contributed by atoms with van der Waals surface area (Å²) >= 11 is 3.39. The lowest BCUT2D eigenvalue weighted by atomic mass is 10.0. The quantitative estimate of drug-likeness (QED) is 0.758. The van der Waals surface area contributed by atoms with E-state index in [1.807, 2.05) is 24.3 Å². The van der Waals surface area contributed by atoms with Gasteiger partial charge in [-0.2, -0.15) is 0 Å². The van der Waals surface area contributed by atoms with Gasteiger partial charge < -0.3 is 20.1 Å². The second kappa shape index (κ2) is 7.98. The van der Waals surface area contributed by atoms with E-state index >= 15 is 0 Å². The van der Waals surface area contributed by atoms with Crippen LogP contribution in [0.3, 0.4) is 0 Å². The van der Waals surface area contributed by atoms with Crippen LogP contribution in [0.25, 0.3) is 0 Å². The normalized spacial score (nSPS) is 13.6. The Kier molecular flexibility index (Phi) is 6.95. The first-order valence-corrected chi connectivity index (χ1v) is 7.55. The summed E-state index contributed by atoms with van der Waals surface area (Å²) in [6, 6.07) is 7.60. The van der Waals surface area contributed by atoms with E-state index in [1.54, 1.807) is 0 Å². The monoisotopic (exact) mass is 344 g/mol. The van der Waals surface area contributed by atoms with Crippen LogP contribution < -0.4 is 10.1 Å². The summed E-state index contributed by atoms with van der Waals surface area (Å²) in [5.74, 6) is 0.757. The zero-order valence-corrected chi connectivity index (χ0v) is 14.3. The van der Waals surface area contributed by atoms with E-state index < -0.39 is 6.10 Å². The second-order valence-corrected chi connectivity index (χ2v) is 6.68. The van der Waals surface area contributed by atoms with Crippen LogP contribution in [0.4, 0.5) is 0 Å². The summed E-state index contributed by atoms with van der Waals surface area (Å²) in [4.78, 5) is 2.16. The molecular formula is C15H25BrN2O2. The smallest absolute Gasteiger partial charge is 0.120 e. The van der Waals surface area contributed by atoms with Crippen molar-refractivity contribution in [1.82, 2.24) is 10.2 Å². The number of hydrogen-bond acceptors (Lipinski definition) is 4. The molecule has 2 N–H and O–H groups in total. The topological polar surface area (TPSA) is 44.7 Å². The minimum atomic E-state index is -0.521. The maximum atomic E-state index is 9.90. The van der Waals surface area contributed by atoms with Crippen LogP contribution in [0.5, 0.6) is 5.75 Å². The number of aliphatic hydroxyl groups excluding tert-OH is 1. The lowest BCUT2D eigenvalue weighted by molar-refractivity contribution is 0.100. The third-order valence-electron chi connectivity index (χ3n) is 3.39. The van der Waals surface area contributed by atoms with Gasteiger partial charge in [-0.1, -0.05) is 22.0 Å². The molecule has 0 bridgehead atoms. The van der Waals surface area contributed by atoms with E-state index in [1.165, 1.54) is 0 Å². The van der Waals surface area contributed by atoms with Crippen LogP contribution in [-0.2, 0) is 0 Å². The van der Waals surface area contributed by atoms with Crippen molar-refractivity contribution in [3.05, 3.63) is 28.7 Å². The molecular weight excluding hydrogens is 320 g/mol. The molecule has 0 aliphatic rings. The highest BCUT2D eigenvalue weighted by atomic mass is 79.9. The van der Waals surface area contributed by atoms with Gasteiger partial charge in [-0.25, -0.2) is 0 Å². The highest BCUT2D eigenvalue weighted by Crippen LogP contribution is 2.17. The molecule has 0 saturated carbocycles. The number of nitrogens with zero attached hydrogens (tertiary/aromatic N) is 1. The Bertz CT molecular complexity index is 411. The summed E-state index contributed by atoms with van der Waals surface area (Å²) in [6.07, 6.45) is -0.521. The maximum absolute atomic E-state index is 9.90. The Balaban J connectivity index is 2.26. The molecule has 0 radical (unpaired) electrons. The van der Waals surface area contributed by atoms with Crippen LogP contribution >= 0.6 is 15.9 Å². The number of benzene rings is 1. The fourth-order valence-corrected chi connectivity index (χ4v) is 1.89. The molecule has 1 atom stereocenters. The van der Waals surface area contributed by atoms with Gasteiger partial charge in [0, 0.05) is 23.1 Å². The summed E-state index contributed by atoms with van der Waals surface area (Å²) in [7, 11) is 4.10. The van der Waals surface area contributed by atoms with E-state index in [-0.39, 0.29) is 12.1 Å². The molecule has 4 nitrogen and oxygen atoms in total. The van der Waals surface area contributed by atoms with Crippen LogP contribution in [0, 0.1) is 0 Å². The Morgan fingerprint density at radius 2 is 2.10 bits per heavy atom. The summed E-state index contributed by atoms with van der Waals surface area (Å²) < 4.78 is 6.52. The molecule has 1 aromatic rings. The molecule has 0 aromatic heterocycles. The highest BCUT2D eigenvalue weighted by Gasteiger charge is 2.20. The third kappa shape index (κ3) is 6.22. The highest BCUT2D eigenvalue weighted by molar-refractivity contribution is 9.10. The summed E-state index contributed by atoms with van der Waals surface area (Å²) in [5, 5.41) is 13.2. The van der Waals surface area contributed by atoms with Gasteiger partial charge in [0.15, 0.2) is 0 Å². The summed E-state index contributed by atoms with van der Waals surface area (Å²) in [5.41, 5.74) is 0.0604. The lowest BCUT2D eigenvalue weighted by Gasteiger charge is -2.33. The number of aliphatic hydroxyl groups is 1. The van der Waals surface area contributed by atoms with Crippen molar-refractivity contribution in [2.45, 2.75) is 25.5 Å². The van der Waals surface area contributed by atoms with Crippen molar-refractivity contribution in [3.8, 4) is 5.75 Å². The van der Waals surface area contributed by atoms with Gasteiger partial charge in [0.05, 0.1) is 0 Å². The number of halogens is 1. The number of ether oxygens (including phenoxy) is 1. The Morgan fingerprint density at radius 1 is 1.40 bits per heavy atom. The van der Waals surface area contributed by atoms with Crippen molar-refractivity contribution in [2.75, 3.05) is 33.8 Å². The minimum Gasteiger partial charge on any atom is -0.491 e. The maximum Gasteiger partial charge on any atom is 0.120 e. The van der Waals surface area contributed by atoms with Gasteiger partial charge in [0.25, 0.3) is 0 Å². The molecule has 114 valence electrons. The van der Waals surface area contributed by atoms with Crippen molar-refractivity contribution < 1.29 is 9.84 Å². The lowest BCUT2D eigenvalue weighted by Crippen LogP contribution is -2.48. The number of nitrogens with one attached hydrogen (secondary N) is 1. The Hall–Kier alpha value is -0.620. The van der Waals surface area contributed by atoms with Gasteiger partial charge in [0.2, 0.25) is 0 Å². The molecule has 0 spiro atoms. The van der Waals surface area contributed by atoms with E-state index in [0.29, 0.717) is 6.54 Å². The SMILES string of the molecule is CN(C)C(C)(C)CNCC(O)COc1cccc(Br)c1. The number of hydrogen-bond donors (Lipinski definition) is 2. The molecule has 0 heterocycles. The third-order valence-corrected chi connectivity index (χ3v) is 3.88. The molecule has 1 unspecified atom stereocenters. The Morgan fingerprint density at radius 3 is 2.70 bits per heavy atom. The van der Waals surface area contributed by atoms with Crippen molar-refractivity contribution in [2.24, 2.45) is 0 Å². The van der Waals surface area contributed by atoms with Gasteiger partial charge in [-0.05, 0) is 46.1 Å². The van der Waals surface area contributed by atoms with Crippen LogP contribution in [0.15, 0.2) is 28.7 Å². The van der Waals surface area contributed by atoms with Gasteiger partial charge in [-0.3, -0.25) is 0 Å². The van der Waals surface area contributed by atoms with Gasteiger partial charge in [-0.15, -0.1) is 0 Å². The first-order chi connectivity index (χ1) is 9.31. The second-order valence-electron chi connectivity index (χ2n) is 5.76. The molecule has 0 fully saturated rings. The Labute approximate surface area is 130 Å². The standard InChI is InChI=1S/C15H25BrN2O2/c1-15(2,18(3)4)11-17-9-13(19)10-20-14-7-5-6-12(16)8-14/h5-8,13,17,19H,9-11H2,1-4H3. The number of rotatable bonds is 8. The van der Waals surface area contributed by atoms with Crippen LogP contribution in [0.1, 0.15) is 13.8 Å². The molecule has 0 aliphatic carbocycles. The predicted molar refractivity (Wildman–Crippen MR) is 86.3 cm³/mol. The van der Waals surface area contributed by atoms with E-state index in [9.17, 15) is 5.11 Å².